The Bertz CT molecular complexity index is 1110. The highest BCUT2D eigenvalue weighted by Gasteiger charge is 2.51. The van der Waals surface area contributed by atoms with Crippen molar-refractivity contribution < 1.29 is 63.1 Å². The normalized spacial score (nSPS) is 22.2. The standard InChI is InChI=1S/C46H87O13P/c1-3-5-7-9-11-13-15-17-19-21-23-25-27-29-31-33-35-40(48)58-38(37-57-60(54,55)59-46-44(52)42(50)41(49)43(51)45(46)53)36-56-39(47)34-32-30-28-26-24-22-20-18-16-14-12-10-8-6-4-2/h24,26,38,41-46,49-53H,3-23,25,27-37H2,1-2H3,(H,54,55)/b26-24+/t38-,41?,42-,43?,44?,45?,46?/m1/s1. The van der Waals surface area contributed by atoms with Crippen LogP contribution in [-0.2, 0) is 32.7 Å². The monoisotopic (exact) mass is 879 g/mol. The molecule has 0 spiro atoms. The van der Waals surface area contributed by atoms with Crippen LogP contribution in [0.3, 0.4) is 0 Å². The van der Waals surface area contributed by atoms with E-state index in [1.54, 1.807) is 0 Å². The van der Waals surface area contributed by atoms with Gasteiger partial charge in [0, 0.05) is 12.8 Å². The number of carbonyl (C=O) groups is 2. The van der Waals surface area contributed by atoms with Crippen LogP contribution in [0.1, 0.15) is 213 Å². The van der Waals surface area contributed by atoms with Crippen LogP contribution in [0, 0.1) is 0 Å². The zero-order chi connectivity index (χ0) is 44.3. The van der Waals surface area contributed by atoms with Gasteiger partial charge < -0.3 is 39.9 Å². The summed E-state index contributed by atoms with van der Waals surface area (Å²) in [5, 5.41) is 50.1. The summed E-state index contributed by atoms with van der Waals surface area (Å²) in [4.78, 5) is 35.7. The smallest absolute Gasteiger partial charge is 0.462 e. The molecule has 0 aromatic heterocycles. The topological polar surface area (TPSA) is 210 Å². The van der Waals surface area contributed by atoms with Crippen LogP contribution in [0.25, 0.3) is 0 Å². The summed E-state index contributed by atoms with van der Waals surface area (Å²) < 4.78 is 33.5. The van der Waals surface area contributed by atoms with Crippen molar-refractivity contribution in [2.45, 2.75) is 256 Å². The van der Waals surface area contributed by atoms with Crippen LogP contribution in [0.2, 0.25) is 0 Å². The van der Waals surface area contributed by atoms with Gasteiger partial charge in [0.15, 0.2) is 6.10 Å². The lowest BCUT2D eigenvalue weighted by Gasteiger charge is -2.41. The van der Waals surface area contributed by atoms with Crippen LogP contribution < -0.4 is 0 Å². The van der Waals surface area contributed by atoms with Gasteiger partial charge in [-0.2, -0.15) is 0 Å². The number of aliphatic hydroxyl groups excluding tert-OH is 5. The number of ether oxygens (including phenoxy) is 2. The molecule has 0 saturated heterocycles. The van der Waals surface area contributed by atoms with Crippen molar-refractivity contribution in [3.63, 3.8) is 0 Å². The summed E-state index contributed by atoms with van der Waals surface area (Å²) in [6, 6.07) is 0. The quantitative estimate of drug-likeness (QED) is 0.0147. The van der Waals surface area contributed by atoms with Crippen molar-refractivity contribution in [2.24, 2.45) is 0 Å². The van der Waals surface area contributed by atoms with Gasteiger partial charge in [-0.05, 0) is 38.5 Å². The van der Waals surface area contributed by atoms with Gasteiger partial charge in [0.1, 0.15) is 43.2 Å². The van der Waals surface area contributed by atoms with Gasteiger partial charge in [0.2, 0.25) is 0 Å². The lowest BCUT2D eigenvalue weighted by Crippen LogP contribution is -2.64. The molecule has 1 fully saturated rings. The molecular weight excluding hydrogens is 791 g/mol. The molecule has 8 atom stereocenters. The van der Waals surface area contributed by atoms with E-state index in [1.165, 1.54) is 135 Å². The third-order valence-electron chi connectivity index (χ3n) is 11.4. The Morgan fingerprint density at radius 2 is 0.850 bits per heavy atom. The summed E-state index contributed by atoms with van der Waals surface area (Å²) in [5.41, 5.74) is 0. The van der Waals surface area contributed by atoms with Gasteiger partial charge in [-0.1, -0.05) is 174 Å². The second-order valence-electron chi connectivity index (χ2n) is 17.0. The average Bonchev–Trinajstić information content (AvgIpc) is 3.23. The van der Waals surface area contributed by atoms with E-state index in [-0.39, 0.29) is 12.8 Å². The van der Waals surface area contributed by atoms with E-state index < -0.39 is 75.7 Å². The van der Waals surface area contributed by atoms with Crippen molar-refractivity contribution in [3.05, 3.63) is 12.2 Å². The molecule has 1 aliphatic rings. The molecule has 0 aromatic rings. The van der Waals surface area contributed by atoms with Crippen LogP contribution in [0.4, 0.5) is 0 Å². The van der Waals surface area contributed by atoms with Gasteiger partial charge in [0.25, 0.3) is 0 Å². The maximum atomic E-state index is 12.8. The lowest BCUT2D eigenvalue weighted by atomic mass is 9.85. The molecule has 1 rings (SSSR count). The molecule has 0 aliphatic heterocycles. The van der Waals surface area contributed by atoms with Gasteiger partial charge in [-0.15, -0.1) is 0 Å². The number of aliphatic hydroxyl groups is 5. The summed E-state index contributed by atoms with van der Waals surface area (Å²) in [6.07, 6.45) is 25.5. The van der Waals surface area contributed by atoms with E-state index in [9.17, 15) is 44.6 Å². The summed E-state index contributed by atoms with van der Waals surface area (Å²) >= 11 is 0. The SMILES string of the molecule is CCCCCCCCCCC/C=C/CCCCC(=O)OC[C@H](COP(=O)(O)OC1C(O)C(O)C(O)[C@@H](O)C1O)OC(=O)CCCCCCCCCCCCCCCCCC. The Morgan fingerprint density at radius 1 is 0.500 bits per heavy atom. The van der Waals surface area contributed by atoms with Crippen LogP contribution >= 0.6 is 7.82 Å². The molecule has 6 unspecified atom stereocenters. The predicted molar refractivity (Wildman–Crippen MR) is 235 cm³/mol. The van der Waals surface area contributed by atoms with Gasteiger partial charge in [-0.25, -0.2) is 4.57 Å². The van der Waals surface area contributed by atoms with Crippen LogP contribution in [0.15, 0.2) is 12.2 Å². The highest BCUT2D eigenvalue weighted by molar-refractivity contribution is 7.47. The Balaban J connectivity index is 2.45. The van der Waals surface area contributed by atoms with E-state index in [0.29, 0.717) is 12.8 Å². The van der Waals surface area contributed by atoms with Gasteiger partial charge in [-0.3, -0.25) is 18.6 Å². The fourth-order valence-corrected chi connectivity index (χ4v) is 8.43. The minimum Gasteiger partial charge on any atom is -0.462 e. The van der Waals surface area contributed by atoms with E-state index >= 15 is 0 Å². The second kappa shape index (κ2) is 37.0. The van der Waals surface area contributed by atoms with Crippen molar-refractivity contribution in [2.75, 3.05) is 13.2 Å². The Labute approximate surface area is 363 Å². The highest BCUT2D eigenvalue weighted by Crippen LogP contribution is 2.47. The van der Waals surface area contributed by atoms with Crippen LogP contribution in [-0.4, -0.2) is 98.3 Å². The molecule has 0 aromatic carbocycles. The molecule has 60 heavy (non-hydrogen) atoms. The van der Waals surface area contributed by atoms with E-state index in [0.717, 1.165) is 38.5 Å². The van der Waals surface area contributed by atoms with Crippen molar-refractivity contribution in [1.82, 2.24) is 0 Å². The summed E-state index contributed by atoms with van der Waals surface area (Å²) in [5.74, 6) is -1.11. The second-order valence-corrected chi connectivity index (χ2v) is 18.4. The maximum Gasteiger partial charge on any atom is 0.472 e. The number of allylic oxidation sites excluding steroid dienone is 2. The predicted octanol–water partition coefficient (Wildman–Crippen LogP) is 9.45. The third-order valence-corrected chi connectivity index (χ3v) is 12.3. The number of hydrogen-bond donors (Lipinski definition) is 6. The lowest BCUT2D eigenvalue weighted by molar-refractivity contribution is -0.220. The van der Waals surface area contributed by atoms with Gasteiger partial charge >= 0.3 is 19.8 Å². The Hall–Kier alpha value is -1.41. The average molecular weight is 879 g/mol. The molecular formula is C46H87O13P. The number of rotatable bonds is 40. The zero-order valence-electron chi connectivity index (χ0n) is 37.5. The molecule has 14 heteroatoms. The molecule has 1 saturated carbocycles. The Morgan fingerprint density at radius 3 is 1.30 bits per heavy atom. The van der Waals surface area contributed by atoms with Crippen LogP contribution in [0.5, 0.6) is 0 Å². The van der Waals surface area contributed by atoms with Crippen molar-refractivity contribution in [1.29, 1.82) is 0 Å². The van der Waals surface area contributed by atoms with E-state index in [1.807, 2.05) is 0 Å². The van der Waals surface area contributed by atoms with Crippen molar-refractivity contribution in [3.8, 4) is 0 Å². The molecule has 13 nitrogen and oxygen atoms in total. The first-order chi connectivity index (χ1) is 28.9. The number of unbranched alkanes of at least 4 members (excludes halogenated alkanes) is 26. The minimum absolute atomic E-state index is 0.0986. The number of carbonyl (C=O) groups excluding carboxylic acids is 2. The first-order valence-electron chi connectivity index (χ1n) is 24.0. The molecule has 6 N–H and O–H groups in total. The zero-order valence-corrected chi connectivity index (χ0v) is 38.4. The summed E-state index contributed by atoms with van der Waals surface area (Å²) in [6.45, 7) is 3.30. The highest BCUT2D eigenvalue weighted by atomic mass is 31.2. The molecule has 0 heterocycles. The van der Waals surface area contributed by atoms with E-state index in [4.69, 9.17) is 18.5 Å². The fraction of sp³-hybridized carbons (Fsp3) is 0.913. The van der Waals surface area contributed by atoms with E-state index in [2.05, 4.69) is 26.0 Å². The summed E-state index contributed by atoms with van der Waals surface area (Å²) in [7, 11) is -5.12. The minimum atomic E-state index is -5.12. The molecule has 0 radical (unpaired) electrons. The first-order valence-corrected chi connectivity index (χ1v) is 25.5. The van der Waals surface area contributed by atoms with Gasteiger partial charge in [0.05, 0.1) is 6.61 Å². The fourth-order valence-electron chi connectivity index (χ4n) is 7.46. The maximum absolute atomic E-state index is 12.8. The van der Waals surface area contributed by atoms with Crippen molar-refractivity contribution >= 4 is 19.8 Å². The molecule has 0 amide bonds. The number of hydrogen-bond acceptors (Lipinski definition) is 12. The number of phosphoric acid groups is 1. The molecule has 354 valence electrons. The number of esters is 2. The number of phosphoric ester groups is 1. The Kier molecular flexibility index (Phi) is 34.9. The molecule has 1 aliphatic carbocycles. The first kappa shape index (κ1) is 56.6. The molecule has 0 bridgehead atoms. The largest absolute Gasteiger partial charge is 0.472 e. The third kappa shape index (κ3) is 29.0.